The van der Waals surface area contributed by atoms with Gasteiger partial charge in [0.1, 0.15) is 32.8 Å². The summed E-state index contributed by atoms with van der Waals surface area (Å²) in [5, 5.41) is 9.74. The molecule has 2 aromatic heterocycles. The number of halogens is 7. The first kappa shape index (κ1) is 47.0. The van der Waals surface area contributed by atoms with Crippen LogP contribution in [0.1, 0.15) is 69.0 Å². The molecule has 56 heavy (non-hydrogen) atoms. The van der Waals surface area contributed by atoms with Crippen molar-refractivity contribution in [1.29, 1.82) is 0 Å². The summed E-state index contributed by atoms with van der Waals surface area (Å²) in [4.78, 5) is 36.9. The van der Waals surface area contributed by atoms with E-state index in [1.165, 1.54) is 36.9 Å². The summed E-state index contributed by atoms with van der Waals surface area (Å²) in [6.45, 7) is 6.69. The van der Waals surface area contributed by atoms with E-state index in [0.717, 1.165) is 12.1 Å². The Morgan fingerprint density at radius 2 is 1.12 bits per heavy atom. The Bertz CT molecular complexity index is 2510. The van der Waals surface area contributed by atoms with Crippen LogP contribution in [-0.4, -0.2) is 53.1 Å². The molecule has 21 heteroatoms. The molecular formula is C35H31Br2Cl3F2N4O8S2. The molecule has 4 heterocycles. The monoisotopic (exact) mass is 1000 g/mol. The van der Waals surface area contributed by atoms with E-state index < -0.39 is 70.3 Å². The van der Waals surface area contributed by atoms with Crippen LogP contribution in [0.25, 0.3) is 21.3 Å². The lowest BCUT2D eigenvalue weighted by atomic mass is 10.1. The summed E-state index contributed by atoms with van der Waals surface area (Å²) in [6.07, 6.45) is 5.28. The average molecular weight is 1000 g/mol. The van der Waals surface area contributed by atoms with Gasteiger partial charge in [0.15, 0.2) is 31.2 Å². The van der Waals surface area contributed by atoms with Gasteiger partial charge in [-0.2, -0.15) is 0 Å². The fraction of sp³-hybridized carbons (Fsp3) is 0.257. The number of aliphatic hydroxyl groups excluding tert-OH is 1. The number of benzene rings is 2. The van der Waals surface area contributed by atoms with Gasteiger partial charge in [0, 0.05) is 39.7 Å². The standard InChI is InChI=1S/C17H13BrClFN2O4S.C13H7BrClFN2O3S.C4H7ClO.CH4/c1-8(2)17(23)26-15-14-11(21-5-6-22-14)7-27(24,25)16(15)12-10(20)4-3-9(18)13(12)19;14-6-1-2-7(16)9(10(6)15)13-12(19)11-8(5-22(13,20)21)17-3-4-18-11;1-3(2)4(5)6;/h3-6,8H,7H2,1-2H3;1-4,19H,5H2;3H,1-2H3;1H4. The number of sulfone groups is 2. The van der Waals surface area contributed by atoms with E-state index in [1.54, 1.807) is 27.7 Å². The number of fused-ring (bicyclic) bond motifs is 2. The number of rotatable bonds is 5. The van der Waals surface area contributed by atoms with Crippen molar-refractivity contribution in [2.75, 3.05) is 0 Å². The van der Waals surface area contributed by atoms with E-state index in [1.807, 2.05) is 0 Å². The molecule has 0 saturated heterocycles. The molecule has 6 rings (SSSR count). The Kier molecular flexibility index (Phi) is 15.9. The first-order valence-electron chi connectivity index (χ1n) is 15.5. The summed E-state index contributed by atoms with van der Waals surface area (Å²) >= 11 is 23.5. The highest BCUT2D eigenvalue weighted by Crippen LogP contribution is 2.45. The first-order valence-corrected chi connectivity index (χ1v) is 21.5. The second kappa shape index (κ2) is 18.9. The van der Waals surface area contributed by atoms with Crippen molar-refractivity contribution in [3.8, 4) is 0 Å². The van der Waals surface area contributed by atoms with Crippen molar-refractivity contribution in [3.63, 3.8) is 0 Å². The van der Waals surface area contributed by atoms with Crippen molar-refractivity contribution in [2.45, 2.75) is 46.6 Å². The molecule has 0 unspecified atom stereocenters. The van der Waals surface area contributed by atoms with Crippen LogP contribution in [0.2, 0.25) is 10.0 Å². The summed E-state index contributed by atoms with van der Waals surface area (Å²) in [5.41, 5.74) is -0.483. The second-order valence-corrected chi connectivity index (χ2v) is 18.7. The van der Waals surface area contributed by atoms with Crippen LogP contribution in [0.3, 0.4) is 0 Å². The predicted molar refractivity (Wildman–Crippen MR) is 217 cm³/mol. The van der Waals surface area contributed by atoms with Gasteiger partial charge in [0.25, 0.3) is 0 Å². The molecular weight excluding hydrogens is 973 g/mol. The Hall–Kier alpha value is -3.39. The number of esters is 1. The molecule has 2 aromatic carbocycles. The fourth-order valence-corrected chi connectivity index (χ4v) is 9.20. The number of aromatic nitrogens is 4. The largest absolute Gasteiger partial charge is 0.504 e. The summed E-state index contributed by atoms with van der Waals surface area (Å²) in [7, 11) is -8.14. The molecule has 0 saturated carbocycles. The van der Waals surface area contributed by atoms with E-state index >= 15 is 0 Å². The molecule has 2 aliphatic heterocycles. The minimum Gasteiger partial charge on any atom is -0.504 e. The van der Waals surface area contributed by atoms with Gasteiger partial charge in [-0.15, -0.1) is 0 Å². The molecule has 0 aliphatic carbocycles. The third-order valence-corrected chi connectivity index (χ3v) is 13.7. The van der Waals surface area contributed by atoms with E-state index in [2.05, 4.69) is 51.8 Å². The van der Waals surface area contributed by atoms with Crippen molar-refractivity contribution < 1.29 is 45.0 Å². The van der Waals surface area contributed by atoms with Crippen LogP contribution in [0.15, 0.2) is 58.0 Å². The zero-order chi connectivity index (χ0) is 41.2. The molecule has 0 spiro atoms. The third-order valence-electron chi connectivity index (χ3n) is 7.35. The van der Waals surface area contributed by atoms with E-state index in [0.29, 0.717) is 8.95 Å². The van der Waals surface area contributed by atoms with Gasteiger partial charge in [0.2, 0.25) is 5.24 Å². The minimum absolute atomic E-state index is 0. The Labute approximate surface area is 353 Å². The maximum atomic E-state index is 14.6. The first-order chi connectivity index (χ1) is 25.6. The lowest BCUT2D eigenvalue weighted by molar-refractivity contribution is -0.140. The Morgan fingerprint density at radius 1 is 0.732 bits per heavy atom. The van der Waals surface area contributed by atoms with Crippen LogP contribution in [-0.2, 0) is 45.5 Å². The zero-order valence-electron chi connectivity index (χ0n) is 28.7. The van der Waals surface area contributed by atoms with Crippen LogP contribution < -0.4 is 0 Å². The van der Waals surface area contributed by atoms with E-state index in [-0.39, 0.29) is 68.3 Å². The van der Waals surface area contributed by atoms with Gasteiger partial charge in [-0.25, -0.2) is 35.6 Å². The van der Waals surface area contributed by atoms with E-state index in [9.17, 15) is 40.3 Å². The van der Waals surface area contributed by atoms with Crippen LogP contribution in [0, 0.1) is 23.5 Å². The van der Waals surface area contributed by atoms with Gasteiger partial charge in [-0.1, -0.05) is 58.3 Å². The van der Waals surface area contributed by atoms with Gasteiger partial charge in [-0.05, 0) is 67.7 Å². The number of ether oxygens (including phenoxy) is 1. The smallest absolute Gasteiger partial charge is 0.313 e. The summed E-state index contributed by atoms with van der Waals surface area (Å²) < 4.78 is 85.6. The van der Waals surface area contributed by atoms with Gasteiger partial charge >= 0.3 is 5.97 Å². The normalized spacial score (nSPS) is 15.0. The lowest BCUT2D eigenvalue weighted by Gasteiger charge is -2.23. The highest BCUT2D eigenvalue weighted by molar-refractivity contribution is 9.10. The molecule has 4 aromatic rings. The lowest BCUT2D eigenvalue weighted by Crippen LogP contribution is -2.22. The molecule has 0 amide bonds. The Morgan fingerprint density at radius 3 is 1.57 bits per heavy atom. The van der Waals surface area contributed by atoms with Crippen molar-refractivity contribution in [1.82, 2.24) is 19.9 Å². The SMILES string of the molecule is C.CC(C)C(=O)Cl.CC(C)C(=O)OC1=C(c2c(F)ccc(Br)c2Cl)S(=O)(=O)Cc2nccnc21.O=S1(=O)Cc2nccnc2C(O)=C1c1c(F)ccc(Br)c1Cl. The molecule has 12 nitrogen and oxygen atoms in total. The molecule has 0 fully saturated rings. The van der Waals surface area contributed by atoms with Gasteiger partial charge in [0.05, 0.1) is 50.0 Å². The van der Waals surface area contributed by atoms with Crippen LogP contribution in [0.5, 0.6) is 0 Å². The molecule has 300 valence electrons. The van der Waals surface area contributed by atoms with Gasteiger partial charge < -0.3 is 9.84 Å². The Balaban J connectivity index is 0.000000262. The molecule has 0 atom stereocenters. The summed E-state index contributed by atoms with van der Waals surface area (Å²) in [5.74, 6) is -5.03. The van der Waals surface area contributed by atoms with Crippen LogP contribution >= 0.6 is 66.7 Å². The predicted octanol–water partition coefficient (Wildman–Crippen LogP) is 9.37. The highest BCUT2D eigenvalue weighted by Gasteiger charge is 2.40. The molecule has 1 N–H and O–H groups in total. The number of carbonyl (C=O) groups excluding carboxylic acids is 2. The zero-order valence-corrected chi connectivity index (χ0v) is 35.8. The van der Waals surface area contributed by atoms with Crippen molar-refractivity contribution >= 4 is 119 Å². The highest BCUT2D eigenvalue weighted by atomic mass is 79.9. The second-order valence-electron chi connectivity index (χ2n) is 12.0. The number of hydrogen-bond acceptors (Lipinski definition) is 12. The van der Waals surface area contributed by atoms with Crippen molar-refractivity contribution in [3.05, 3.63) is 114 Å². The minimum atomic E-state index is -4.12. The maximum absolute atomic E-state index is 14.6. The average Bonchev–Trinajstić information content (AvgIpc) is 3.10. The maximum Gasteiger partial charge on any atom is 0.313 e. The van der Waals surface area contributed by atoms with E-state index in [4.69, 9.17) is 39.5 Å². The summed E-state index contributed by atoms with van der Waals surface area (Å²) in [6, 6.07) is 4.84. The quantitative estimate of drug-likeness (QED) is 0.114. The number of carbonyl (C=O) groups is 2. The topological polar surface area (TPSA) is 183 Å². The van der Waals surface area contributed by atoms with Crippen LogP contribution in [0.4, 0.5) is 8.78 Å². The van der Waals surface area contributed by atoms with Gasteiger partial charge in [-0.3, -0.25) is 19.6 Å². The molecule has 0 radical (unpaired) electrons. The molecule has 2 aliphatic rings. The number of hydrogen-bond donors (Lipinski definition) is 1. The van der Waals surface area contributed by atoms with Crippen molar-refractivity contribution in [2.24, 2.45) is 11.8 Å². The molecule has 0 bridgehead atoms. The number of nitrogens with zero attached hydrogens (tertiary/aromatic N) is 4. The fourth-order valence-electron chi connectivity index (χ4n) is 4.67. The number of aliphatic hydroxyl groups is 1. The third kappa shape index (κ3) is 10.2.